The first-order chi connectivity index (χ1) is 12.1. The molecule has 26 heavy (non-hydrogen) atoms. The van der Waals surface area contributed by atoms with Crippen LogP contribution in [0, 0.1) is 6.92 Å². The van der Waals surface area contributed by atoms with Gasteiger partial charge in [0.05, 0.1) is 11.9 Å². The van der Waals surface area contributed by atoms with Crippen molar-refractivity contribution in [1.82, 2.24) is 10.2 Å². The van der Waals surface area contributed by atoms with Gasteiger partial charge < -0.3 is 10.1 Å². The number of nitrogens with zero attached hydrogens (tertiary/aromatic N) is 2. The van der Waals surface area contributed by atoms with E-state index in [0.717, 1.165) is 15.5 Å². The van der Waals surface area contributed by atoms with Crippen LogP contribution in [0.15, 0.2) is 24.3 Å². The molecule has 0 spiro atoms. The summed E-state index contributed by atoms with van der Waals surface area (Å²) in [6.45, 7) is 3.01. The van der Waals surface area contributed by atoms with Crippen LogP contribution in [0.2, 0.25) is 0 Å². The Labute approximate surface area is 152 Å². The molecule has 1 N–H and O–H groups in total. The van der Waals surface area contributed by atoms with Crippen LogP contribution in [0.25, 0.3) is 0 Å². The Morgan fingerprint density at radius 1 is 1.35 bits per heavy atom. The summed E-state index contributed by atoms with van der Waals surface area (Å²) in [5.41, 5.74) is 1.02. The lowest BCUT2D eigenvalue weighted by Gasteiger charge is -2.24. The van der Waals surface area contributed by atoms with Crippen LogP contribution < -0.4 is 9.62 Å². The van der Waals surface area contributed by atoms with Gasteiger partial charge in [-0.2, -0.15) is 0 Å². The lowest BCUT2D eigenvalue weighted by molar-refractivity contribution is -0.156. The Kier molecular flexibility index (Phi) is 5.86. The number of aryl methyl sites for hydroxylation is 1. The normalized spacial score (nSPS) is 15.3. The second kappa shape index (κ2) is 7.73. The highest BCUT2D eigenvalue weighted by atomic mass is 32.2. The molecule has 0 aliphatic carbocycles. The van der Waals surface area contributed by atoms with Crippen LogP contribution in [-0.2, 0) is 24.3 Å². The van der Waals surface area contributed by atoms with Gasteiger partial charge in [-0.3, -0.25) is 18.8 Å². The fraction of sp³-hybridized carbons (Fsp3) is 0.438. The van der Waals surface area contributed by atoms with Crippen molar-refractivity contribution in [2.75, 3.05) is 30.2 Å². The molecule has 1 atom stereocenters. The Hall–Kier alpha value is -2.62. The van der Waals surface area contributed by atoms with E-state index in [2.05, 4.69) is 5.32 Å². The molecule has 0 bridgehead atoms. The number of amides is 3. The molecule has 0 unspecified atom stereocenters. The van der Waals surface area contributed by atoms with Gasteiger partial charge in [-0.25, -0.2) is 13.2 Å². The number of carbonyl (C=O) groups is 3. The van der Waals surface area contributed by atoms with Crippen molar-refractivity contribution < 1.29 is 27.5 Å². The van der Waals surface area contributed by atoms with Gasteiger partial charge >= 0.3 is 12.0 Å². The predicted molar refractivity (Wildman–Crippen MR) is 94.0 cm³/mol. The summed E-state index contributed by atoms with van der Waals surface area (Å²) in [5, 5.41) is 2.48. The summed E-state index contributed by atoms with van der Waals surface area (Å²) in [6, 6.07) is 6.16. The summed E-state index contributed by atoms with van der Waals surface area (Å²) in [6.07, 6.45) is -0.222. The van der Waals surface area contributed by atoms with Crippen LogP contribution in [-0.4, -0.2) is 63.2 Å². The van der Waals surface area contributed by atoms with Crippen LogP contribution in [0.4, 0.5) is 10.5 Å². The third-order valence-electron chi connectivity index (χ3n) is 3.84. The van der Waals surface area contributed by atoms with E-state index in [0.29, 0.717) is 17.8 Å². The van der Waals surface area contributed by atoms with Gasteiger partial charge in [0.25, 0.3) is 5.91 Å². The summed E-state index contributed by atoms with van der Waals surface area (Å²) in [4.78, 5) is 36.8. The quantitative estimate of drug-likeness (QED) is 0.704. The predicted octanol–water partition coefficient (Wildman–Crippen LogP) is 0.245. The van der Waals surface area contributed by atoms with Crippen molar-refractivity contribution in [2.45, 2.75) is 20.0 Å². The van der Waals surface area contributed by atoms with E-state index < -0.39 is 40.6 Å². The van der Waals surface area contributed by atoms with Gasteiger partial charge in [0.1, 0.15) is 6.54 Å². The number of sulfonamides is 1. The second-order valence-electron chi connectivity index (χ2n) is 5.91. The first-order valence-corrected chi connectivity index (χ1v) is 9.78. The molecule has 1 saturated heterocycles. The first kappa shape index (κ1) is 19.7. The maximum Gasteiger partial charge on any atom is 0.327 e. The largest absolute Gasteiger partial charge is 0.451 e. The molecule has 1 heterocycles. The number of anilines is 1. The fourth-order valence-corrected chi connectivity index (χ4v) is 3.43. The van der Waals surface area contributed by atoms with Crippen molar-refractivity contribution in [2.24, 2.45) is 0 Å². The highest BCUT2D eigenvalue weighted by Crippen LogP contribution is 2.22. The molecule has 2 rings (SSSR count). The highest BCUT2D eigenvalue weighted by Gasteiger charge is 2.32. The fourth-order valence-electron chi connectivity index (χ4n) is 2.53. The summed E-state index contributed by atoms with van der Waals surface area (Å²) < 4.78 is 30.1. The van der Waals surface area contributed by atoms with Crippen molar-refractivity contribution in [3.8, 4) is 0 Å². The summed E-state index contributed by atoms with van der Waals surface area (Å²) in [5.74, 6) is -1.55. The molecule has 3 amide bonds. The number of hydrogen-bond acceptors (Lipinski definition) is 6. The number of hydrogen-bond donors (Lipinski definition) is 1. The number of imide groups is 1. The zero-order valence-electron chi connectivity index (χ0n) is 14.8. The number of benzene rings is 1. The molecule has 0 aromatic heterocycles. The SMILES string of the molecule is Cc1ccccc1N(CC(=O)O[C@H](C)C(=O)N1CCNC1=O)S(C)(=O)=O. The van der Waals surface area contributed by atoms with E-state index in [1.807, 2.05) is 0 Å². The average Bonchev–Trinajstić information content (AvgIpc) is 2.97. The Balaban J connectivity index is 2.09. The Morgan fingerprint density at radius 2 is 2.00 bits per heavy atom. The van der Waals surface area contributed by atoms with Gasteiger partial charge in [-0.1, -0.05) is 18.2 Å². The van der Waals surface area contributed by atoms with E-state index in [1.165, 1.54) is 6.92 Å². The van der Waals surface area contributed by atoms with Crippen LogP contribution >= 0.6 is 0 Å². The van der Waals surface area contributed by atoms with Crippen molar-refractivity contribution in [3.63, 3.8) is 0 Å². The minimum absolute atomic E-state index is 0.193. The molecular weight excluding hydrogens is 362 g/mol. The maximum atomic E-state index is 12.2. The van der Waals surface area contributed by atoms with E-state index >= 15 is 0 Å². The number of nitrogens with one attached hydrogen (secondary N) is 1. The minimum Gasteiger partial charge on any atom is -0.451 e. The zero-order valence-corrected chi connectivity index (χ0v) is 15.6. The van der Waals surface area contributed by atoms with E-state index in [4.69, 9.17) is 4.74 Å². The number of urea groups is 1. The minimum atomic E-state index is -3.74. The third kappa shape index (κ3) is 4.51. The number of para-hydroxylation sites is 1. The third-order valence-corrected chi connectivity index (χ3v) is 4.96. The molecular formula is C16H21N3O6S. The van der Waals surface area contributed by atoms with Crippen molar-refractivity contribution >= 4 is 33.6 Å². The number of ether oxygens (including phenoxy) is 1. The van der Waals surface area contributed by atoms with Gasteiger partial charge in [-0.15, -0.1) is 0 Å². The Bertz CT molecular complexity index is 823. The van der Waals surface area contributed by atoms with E-state index in [1.54, 1.807) is 31.2 Å². The van der Waals surface area contributed by atoms with Crippen LogP contribution in [0.3, 0.4) is 0 Å². The molecule has 1 aromatic carbocycles. The molecule has 0 radical (unpaired) electrons. The molecule has 9 nitrogen and oxygen atoms in total. The van der Waals surface area contributed by atoms with Gasteiger partial charge in [0, 0.05) is 13.1 Å². The number of esters is 1. The second-order valence-corrected chi connectivity index (χ2v) is 7.82. The maximum absolute atomic E-state index is 12.2. The summed E-state index contributed by atoms with van der Waals surface area (Å²) in [7, 11) is -3.74. The van der Waals surface area contributed by atoms with Crippen molar-refractivity contribution in [3.05, 3.63) is 29.8 Å². The first-order valence-electron chi connectivity index (χ1n) is 7.93. The van der Waals surface area contributed by atoms with E-state index in [9.17, 15) is 22.8 Å². The monoisotopic (exact) mass is 383 g/mol. The molecule has 1 aliphatic rings. The van der Waals surface area contributed by atoms with Crippen LogP contribution in [0.5, 0.6) is 0 Å². The molecule has 142 valence electrons. The molecule has 1 aliphatic heterocycles. The van der Waals surface area contributed by atoms with Crippen LogP contribution in [0.1, 0.15) is 12.5 Å². The van der Waals surface area contributed by atoms with Gasteiger partial charge in [0.15, 0.2) is 6.10 Å². The topological polar surface area (TPSA) is 113 Å². The highest BCUT2D eigenvalue weighted by molar-refractivity contribution is 7.92. The lowest BCUT2D eigenvalue weighted by atomic mass is 10.2. The molecule has 0 saturated carbocycles. The smallest absolute Gasteiger partial charge is 0.327 e. The molecule has 1 fully saturated rings. The van der Waals surface area contributed by atoms with Gasteiger partial charge in [0.2, 0.25) is 10.0 Å². The number of rotatable bonds is 6. The summed E-state index contributed by atoms with van der Waals surface area (Å²) >= 11 is 0. The number of carbonyl (C=O) groups excluding carboxylic acids is 3. The zero-order chi connectivity index (χ0) is 19.5. The molecule has 10 heteroatoms. The Morgan fingerprint density at radius 3 is 2.54 bits per heavy atom. The lowest BCUT2D eigenvalue weighted by Crippen LogP contribution is -2.43. The van der Waals surface area contributed by atoms with Crippen molar-refractivity contribution in [1.29, 1.82) is 0 Å². The van der Waals surface area contributed by atoms with Gasteiger partial charge in [-0.05, 0) is 25.5 Å². The standard InChI is InChI=1S/C16H21N3O6S/c1-11-6-4-5-7-13(11)19(26(3,23)24)10-14(20)25-12(2)15(21)18-9-8-17-16(18)22/h4-7,12H,8-10H2,1-3H3,(H,17,22)/t12-/m1/s1. The average molecular weight is 383 g/mol. The van der Waals surface area contributed by atoms with E-state index in [-0.39, 0.29) is 6.54 Å². The molecule has 1 aromatic rings.